The van der Waals surface area contributed by atoms with Gasteiger partial charge in [-0.1, -0.05) is 0 Å². The molecule has 0 saturated carbocycles. The highest BCUT2D eigenvalue weighted by atomic mass is 32.2. The highest BCUT2D eigenvalue weighted by Gasteiger charge is 2.20. The second-order valence-electron chi connectivity index (χ2n) is 4.26. The topological polar surface area (TPSA) is 81.4 Å². The maximum Gasteiger partial charge on any atom is 0.240 e. The lowest BCUT2D eigenvalue weighted by Gasteiger charge is -2.10. The standard InChI is InChI=1S/C11H15FN2O3S/c12-10-2-1-9(5-11(10)13)18(15,16)14-6-8-3-4-17-7-8/h1-2,5,8,14H,3-4,6-7,13H2. The molecule has 18 heavy (non-hydrogen) atoms. The van der Waals surface area contributed by atoms with Crippen LogP contribution >= 0.6 is 0 Å². The largest absolute Gasteiger partial charge is 0.396 e. The van der Waals surface area contributed by atoms with Crippen LogP contribution in [0.25, 0.3) is 0 Å². The summed E-state index contributed by atoms with van der Waals surface area (Å²) in [6, 6.07) is 3.35. The first-order valence-electron chi connectivity index (χ1n) is 5.61. The van der Waals surface area contributed by atoms with Crippen LogP contribution in [0.15, 0.2) is 23.1 Å². The molecule has 0 aromatic heterocycles. The first-order valence-corrected chi connectivity index (χ1v) is 7.10. The van der Waals surface area contributed by atoms with E-state index in [-0.39, 0.29) is 16.5 Å². The van der Waals surface area contributed by atoms with Crippen LogP contribution < -0.4 is 10.5 Å². The summed E-state index contributed by atoms with van der Waals surface area (Å²) >= 11 is 0. The lowest BCUT2D eigenvalue weighted by Crippen LogP contribution is -2.29. The van der Waals surface area contributed by atoms with E-state index in [9.17, 15) is 12.8 Å². The van der Waals surface area contributed by atoms with Gasteiger partial charge in [-0.25, -0.2) is 17.5 Å². The average molecular weight is 274 g/mol. The summed E-state index contributed by atoms with van der Waals surface area (Å²) < 4.78 is 44.4. The molecule has 1 saturated heterocycles. The minimum Gasteiger partial charge on any atom is -0.396 e. The van der Waals surface area contributed by atoms with Crippen LogP contribution in [0.3, 0.4) is 0 Å². The monoisotopic (exact) mass is 274 g/mol. The molecule has 0 radical (unpaired) electrons. The van der Waals surface area contributed by atoms with Crippen molar-refractivity contribution in [2.75, 3.05) is 25.5 Å². The summed E-state index contributed by atoms with van der Waals surface area (Å²) in [6.07, 6.45) is 0.841. The summed E-state index contributed by atoms with van der Waals surface area (Å²) in [5.41, 5.74) is 5.17. The maximum absolute atomic E-state index is 13.0. The number of nitrogens with two attached hydrogens (primary N) is 1. The summed E-state index contributed by atoms with van der Waals surface area (Å²) in [5, 5.41) is 0. The maximum atomic E-state index is 13.0. The predicted molar refractivity (Wildman–Crippen MR) is 64.9 cm³/mol. The summed E-state index contributed by atoms with van der Waals surface area (Å²) in [6.45, 7) is 1.55. The summed E-state index contributed by atoms with van der Waals surface area (Å²) in [7, 11) is -3.64. The van der Waals surface area contributed by atoms with Gasteiger partial charge in [-0.05, 0) is 30.5 Å². The molecule has 1 aliphatic heterocycles. The van der Waals surface area contributed by atoms with Crippen LogP contribution in [-0.2, 0) is 14.8 Å². The lowest BCUT2D eigenvalue weighted by atomic mass is 10.1. The van der Waals surface area contributed by atoms with Crippen molar-refractivity contribution in [1.82, 2.24) is 4.72 Å². The van der Waals surface area contributed by atoms with E-state index in [4.69, 9.17) is 10.5 Å². The molecule has 1 aromatic carbocycles. The molecule has 0 amide bonds. The van der Waals surface area contributed by atoms with E-state index in [0.717, 1.165) is 18.6 Å². The second kappa shape index (κ2) is 5.21. The third-order valence-corrected chi connectivity index (χ3v) is 4.29. The van der Waals surface area contributed by atoms with Crippen molar-refractivity contribution in [2.24, 2.45) is 5.92 Å². The molecular weight excluding hydrogens is 259 g/mol. The Hall–Kier alpha value is -1.18. The van der Waals surface area contributed by atoms with Gasteiger partial charge in [0.1, 0.15) is 5.82 Å². The van der Waals surface area contributed by atoms with Crippen LogP contribution in [0.1, 0.15) is 6.42 Å². The van der Waals surface area contributed by atoms with E-state index < -0.39 is 15.8 Å². The van der Waals surface area contributed by atoms with Gasteiger partial charge in [0.15, 0.2) is 0 Å². The fraction of sp³-hybridized carbons (Fsp3) is 0.455. The minimum absolute atomic E-state index is 0.0275. The van der Waals surface area contributed by atoms with Gasteiger partial charge in [0.2, 0.25) is 10.0 Å². The fourth-order valence-electron chi connectivity index (χ4n) is 1.74. The van der Waals surface area contributed by atoms with Crippen molar-refractivity contribution in [3.05, 3.63) is 24.0 Å². The van der Waals surface area contributed by atoms with Crippen molar-refractivity contribution < 1.29 is 17.5 Å². The number of benzene rings is 1. The number of rotatable bonds is 4. The molecule has 0 aliphatic carbocycles. The van der Waals surface area contributed by atoms with E-state index in [0.29, 0.717) is 19.8 Å². The molecule has 1 fully saturated rings. The molecule has 100 valence electrons. The molecule has 1 unspecified atom stereocenters. The Morgan fingerprint density at radius 1 is 1.50 bits per heavy atom. The molecule has 1 atom stereocenters. The van der Waals surface area contributed by atoms with Crippen LogP contribution in [0, 0.1) is 11.7 Å². The number of nitrogen functional groups attached to an aromatic ring is 1. The van der Waals surface area contributed by atoms with Crippen molar-refractivity contribution in [1.29, 1.82) is 0 Å². The molecule has 1 aromatic rings. The smallest absolute Gasteiger partial charge is 0.240 e. The van der Waals surface area contributed by atoms with Crippen LogP contribution in [-0.4, -0.2) is 28.2 Å². The van der Waals surface area contributed by atoms with Gasteiger partial charge >= 0.3 is 0 Å². The summed E-state index contributed by atoms with van der Waals surface area (Å²) in [5.74, 6) is -0.435. The molecule has 1 aliphatic rings. The van der Waals surface area contributed by atoms with Crippen molar-refractivity contribution >= 4 is 15.7 Å². The molecule has 5 nitrogen and oxygen atoms in total. The lowest BCUT2D eigenvalue weighted by molar-refractivity contribution is 0.186. The Morgan fingerprint density at radius 2 is 2.28 bits per heavy atom. The van der Waals surface area contributed by atoms with E-state index in [1.807, 2.05) is 0 Å². The first-order chi connectivity index (χ1) is 8.49. The number of halogens is 1. The molecule has 2 rings (SSSR count). The Balaban J connectivity index is 2.07. The molecular formula is C11H15FN2O3S. The Bertz CT molecular complexity index is 527. The normalized spacial score (nSPS) is 20.2. The van der Waals surface area contributed by atoms with Gasteiger partial charge < -0.3 is 10.5 Å². The third kappa shape index (κ3) is 2.98. The van der Waals surface area contributed by atoms with Gasteiger partial charge in [0.25, 0.3) is 0 Å². The zero-order valence-corrected chi connectivity index (χ0v) is 10.5. The predicted octanol–water partition coefficient (Wildman–Crippen LogP) is 0.723. The molecule has 3 N–H and O–H groups in total. The van der Waals surface area contributed by atoms with Crippen molar-refractivity contribution in [3.63, 3.8) is 0 Å². The van der Waals surface area contributed by atoms with E-state index in [2.05, 4.69) is 4.72 Å². The number of anilines is 1. The van der Waals surface area contributed by atoms with E-state index >= 15 is 0 Å². The van der Waals surface area contributed by atoms with Gasteiger partial charge in [-0.2, -0.15) is 0 Å². The number of hydrogen-bond donors (Lipinski definition) is 2. The minimum atomic E-state index is -3.64. The van der Waals surface area contributed by atoms with Crippen molar-refractivity contribution in [2.45, 2.75) is 11.3 Å². The molecule has 0 bridgehead atoms. The Morgan fingerprint density at radius 3 is 2.89 bits per heavy atom. The third-order valence-electron chi connectivity index (χ3n) is 2.86. The van der Waals surface area contributed by atoms with E-state index in [1.165, 1.54) is 6.07 Å². The average Bonchev–Trinajstić information content (AvgIpc) is 2.83. The van der Waals surface area contributed by atoms with Crippen molar-refractivity contribution in [3.8, 4) is 0 Å². The van der Waals surface area contributed by atoms with Gasteiger partial charge in [-0.3, -0.25) is 0 Å². The Kier molecular flexibility index (Phi) is 3.84. The number of nitrogens with one attached hydrogen (secondary N) is 1. The van der Waals surface area contributed by atoms with Gasteiger partial charge in [0.05, 0.1) is 17.2 Å². The zero-order valence-electron chi connectivity index (χ0n) is 9.73. The highest BCUT2D eigenvalue weighted by Crippen LogP contribution is 2.17. The fourth-order valence-corrected chi connectivity index (χ4v) is 2.90. The van der Waals surface area contributed by atoms with Crippen LogP contribution in [0.5, 0.6) is 0 Å². The molecule has 0 spiro atoms. The zero-order chi connectivity index (χ0) is 13.2. The van der Waals surface area contributed by atoms with Crippen LogP contribution in [0.4, 0.5) is 10.1 Å². The van der Waals surface area contributed by atoms with E-state index in [1.54, 1.807) is 0 Å². The number of sulfonamides is 1. The van der Waals surface area contributed by atoms with Gasteiger partial charge in [0, 0.05) is 13.2 Å². The first kappa shape index (κ1) is 13.3. The van der Waals surface area contributed by atoms with Gasteiger partial charge in [-0.15, -0.1) is 0 Å². The quantitative estimate of drug-likeness (QED) is 0.793. The van der Waals surface area contributed by atoms with Crippen LogP contribution in [0.2, 0.25) is 0 Å². The summed E-state index contributed by atoms with van der Waals surface area (Å²) in [4.78, 5) is -0.0275. The molecule has 1 heterocycles. The number of ether oxygens (including phenoxy) is 1. The highest BCUT2D eigenvalue weighted by molar-refractivity contribution is 7.89. The second-order valence-corrected chi connectivity index (χ2v) is 6.03. The SMILES string of the molecule is Nc1cc(S(=O)(=O)NCC2CCOC2)ccc1F. The number of hydrogen-bond acceptors (Lipinski definition) is 4. The molecule has 7 heteroatoms. The Labute approximate surface area is 105 Å².